The van der Waals surface area contributed by atoms with Crippen molar-refractivity contribution in [2.45, 2.75) is 44.6 Å². The maximum atomic E-state index is 12.8. The number of piperidine rings is 1. The van der Waals surface area contributed by atoms with Crippen LogP contribution in [0.25, 0.3) is 0 Å². The first kappa shape index (κ1) is 18.6. The SMILES string of the molecule is O=S1(=O)CCN(C2CCN(S(=O)(=O)N3CCCCCC3)CC2)CC1. The Morgan fingerprint density at radius 3 is 1.75 bits per heavy atom. The van der Waals surface area contributed by atoms with Crippen molar-refractivity contribution in [3.63, 3.8) is 0 Å². The Morgan fingerprint density at radius 1 is 0.708 bits per heavy atom. The van der Waals surface area contributed by atoms with Gasteiger partial charge < -0.3 is 0 Å². The average molecular weight is 380 g/mol. The van der Waals surface area contributed by atoms with E-state index in [0.717, 1.165) is 38.5 Å². The molecule has 3 aliphatic rings. The molecule has 0 spiro atoms. The molecular formula is C15H29N3O4S2. The number of hydrogen-bond acceptors (Lipinski definition) is 5. The van der Waals surface area contributed by atoms with Gasteiger partial charge >= 0.3 is 0 Å². The second kappa shape index (κ2) is 7.57. The van der Waals surface area contributed by atoms with Crippen LogP contribution in [0.4, 0.5) is 0 Å². The van der Waals surface area contributed by atoms with E-state index in [4.69, 9.17) is 0 Å². The molecule has 0 unspecified atom stereocenters. The second-order valence-electron chi connectivity index (χ2n) is 7.14. The smallest absolute Gasteiger partial charge is 0.281 e. The first-order chi connectivity index (χ1) is 11.4. The fourth-order valence-electron chi connectivity index (χ4n) is 3.97. The first-order valence-corrected chi connectivity index (χ1v) is 12.3. The van der Waals surface area contributed by atoms with Crippen molar-refractivity contribution in [1.82, 2.24) is 13.5 Å². The van der Waals surface area contributed by atoms with Crippen molar-refractivity contribution in [1.29, 1.82) is 0 Å². The molecule has 0 amide bonds. The Hall–Kier alpha value is -0.220. The van der Waals surface area contributed by atoms with E-state index in [-0.39, 0.29) is 11.5 Å². The Kier molecular flexibility index (Phi) is 5.86. The molecule has 24 heavy (non-hydrogen) atoms. The quantitative estimate of drug-likeness (QED) is 0.705. The molecule has 0 atom stereocenters. The van der Waals surface area contributed by atoms with Crippen molar-refractivity contribution >= 4 is 20.0 Å². The van der Waals surface area contributed by atoms with Crippen LogP contribution in [-0.2, 0) is 20.0 Å². The van der Waals surface area contributed by atoms with E-state index in [0.29, 0.717) is 45.3 Å². The zero-order chi connectivity index (χ0) is 17.2. The third-order valence-electron chi connectivity index (χ3n) is 5.54. The van der Waals surface area contributed by atoms with Crippen molar-refractivity contribution in [2.75, 3.05) is 50.8 Å². The highest BCUT2D eigenvalue weighted by molar-refractivity contribution is 7.91. The number of nitrogens with zero attached hydrogens (tertiary/aromatic N) is 3. The van der Waals surface area contributed by atoms with Gasteiger partial charge in [0.1, 0.15) is 0 Å². The lowest BCUT2D eigenvalue weighted by Crippen LogP contribution is -2.53. The van der Waals surface area contributed by atoms with Crippen molar-refractivity contribution < 1.29 is 16.8 Å². The van der Waals surface area contributed by atoms with Gasteiger partial charge in [-0.1, -0.05) is 12.8 Å². The lowest BCUT2D eigenvalue weighted by molar-refractivity contribution is 0.146. The summed E-state index contributed by atoms with van der Waals surface area (Å²) in [5, 5.41) is 0. The molecule has 3 saturated heterocycles. The fraction of sp³-hybridized carbons (Fsp3) is 1.00. The predicted octanol–water partition coefficient (Wildman–Crippen LogP) is 0.302. The highest BCUT2D eigenvalue weighted by Gasteiger charge is 2.35. The van der Waals surface area contributed by atoms with Gasteiger partial charge in [-0.15, -0.1) is 0 Å². The largest absolute Gasteiger partial charge is 0.298 e. The molecule has 9 heteroatoms. The molecule has 7 nitrogen and oxygen atoms in total. The minimum Gasteiger partial charge on any atom is -0.298 e. The van der Waals surface area contributed by atoms with E-state index in [2.05, 4.69) is 4.90 Å². The van der Waals surface area contributed by atoms with E-state index in [1.807, 2.05) is 0 Å². The van der Waals surface area contributed by atoms with Crippen LogP contribution in [0.5, 0.6) is 0 Å². The molecule has 0 N–H and O–H groups in total. The molecule has 0 aromatic rings. The van der Waals surface area contributed by atoms with Crippen LogP contribution >= 0.6 is 0 Å². The topological polar surface area (TPSA) is 78.0 Å². The van der Waals surface area contributed by atoms with Gasteiger partial charge in [0.2, 0.25) is 0 Å². The summed E-state index contributed by atoms with van der Waals surface area (Å²) in [5.74, 6) is 0.471. The fourth-order valence-corrected chi connectivity index (χ4v) is 6.91. The van der Waals surface area contributed by atoms with Gasteiger partial charge in [-0.25, -0.2) is 8.42 Å². The second-order valence-corrected chi connectivity index (χ2v) is 11.4. The van der Waals surface area contributed by atoms with Crippen LogP contribution in [0.2, 0.25) is 0 Å². The van der Waals surface area contributed by atoms with Crippen molar-refractivity contribution in [2.24, 2.45) is 0 Å². The molecule has 3 heterocycles. The maximum absolute atomic E-state index is 12.8. The molecule has 0 radical (unpaired) electrons. The monoisotopic (exact) mass is 379 g/mol. The summed E-state index contributed by atoms with van der Waals surface area (Å²) in [6, 6.07) is 0.316. The number of sulfone groups is 1. The van der Waals surface area contributed by atoms with Gasteiger partial charge in [0, 0.05) is 45.3 Å². The molecule has 3 aliphatic heterocycles. The maximum Gasteiger partial charge on any atom is 0.281 e. The molecule has 0 aromatic heterocycles. The van der Waals surface area contributed by atoms with E-state index in [1.165, 1.54) is 0 Å². The van der Waals surface area contributed by atoms with Crippen LogP contribution in [-0.4, -0.2) is 87.2 Å². The lowest BCUT2D eigenvalue weighted by Gasteiger charge is -2.40. The van der Waals surface area contributed by atoms with Gasteiger partial charge in [-0.3, -0.25) is 4.90 Å². The van der Waals surface area contributed by atoms with E-state index < -0.39 is 20.0 Å². The summed E-state index contributed by atoms with van der Waals surface area (Å²) in [6.07, 6.45) is 5.74. The molecule has 0 aliphatic carbocycles. The van der Waals surface area contributed by atoms with Crippen LogP contribution in [0.3, 0.4) is 0 Å². The minimum atomic E-state index is -3.33. The van der Waals surface area contributed by atoms with Crippen LogP contribution < -0.4 is 0 Å². The van der Waals surface area contributed by atoms with Crippen LogP contribution in [0.1, 0.15) is 38.5 Å². The standard InChI is InChI=1S/C15H29N3O4S2/c19-23(20)13-11-16(12-14-23)15-5-9-18(10-6-15)24(21,22)17-7-3-1-2-4-8-17/h15H,1-14H2. The molecule has 3 fully saturated rings. The van der Waals surface area contributed by atoms with Gasteiger partial charge in [-0.05, 0) is 25.7 Å². The zero-order valence-corrected chi connectivity index (χ0v) is 15.9. The van der Waals surface area contributed by atoms with Crippen LogP contribution in [0.15, 0.2) is 0 Å². The minimum absolute atomic E-state index is 0.235. The van der Waals surface area contributed by atoms with Gasteiger partial charge in [0.15, 0.2) is 9.84 Å². The zero-order valence-electron chi connectivity index (χ0n) is 14.3. The Labute approximate surface area is 146 Å². The Morgan fingerprint density at radius 2 is 1.21 bits per heavy atom. The predicted molar refractivity (Wildman–Crippen MR) is 93.8 cm³/mol. The molecule has 0 bridgehead atoms. The third-order valence-corrected chi connectivity index (χ3v) is 9.18. The van der Waals surface area contributed by atoms with E-state index in [1.54, 1.807) is 8.61 Å². The summed E-state index contributed by atoms with van der Waals surface area (Å²) in [5.41, 5.74) is 0. The Balaban J connectivity index is 1.54. The summed E-state index contributed by atoms with van der Waals surface area (Å²) in [6.45, 7) is 3.57. The summed E-state index contributed by atoms with van der Waals surface area (Å²) >= 11 is 0. The van der Waals surface area contributed by atoms with E-state index >= 15 is 0 Å². The highest BCUT2D eigenvalue weighted by atomic mass is 32.2. The van der Waals surface area contributed by atoms with Gasteiger partial charge in [0.25, 0.3) is 10.2 Å². The number of rotatable bonds is 3. The molecule has 0 aromatic carbocycles. The molecular weight excluding hydrogens is 350 g/mol. The first-order valence-electron chi connectivity index (χ1n) is 9.08. The molecule has 140 valence electrons. The summed E-state index contributed by atoms with van der Waals surface area (Å²) < 4.78 is 52.0. The van der Waals surface area contributed by atoms with Gasteiger partial charge in [0.05, 0.1) is 11.5 Å². The normalized spacial score (nSPS) is 29.3. The summed E-state index contributed by atoms with van der Waals surface area (Å²) in [7, 11) is -6.19. The van der Waals surface area contributed by atoms with Crippen LogP contribution in [0, 0.1) is 0 Å². The van der Waals surface area contributed by atoms with Crippen molar-refractivity contribution in [3.8, 4) is 0 Å². The van der Waals surface area contributed by atoms with Gasteiger partial charge in [-0.2, -0.15) is 17.0 Å². The Bertz CT molecular complexity index is 605. The number of hydrogen-bond donors (Lipinski definition) is 0. The summed E-state index contributed by atoms with van der Waals surface area (Å²) in [4.78, 5) is 2.23. The highest BCUT2D eigenvalue weighted by Crippen LogP contribution is 2.23. The lowest BCUT2D eigenvalue weighted by atomic mass is 10.0. The average Bonchev–Trinajstić information content (AvgIpc) is 2.85. The van der Waals surface area contributed by atoms with E-state index in [9.17, 15) is 16.8 Å². The molecule has 0 saturated carbocycles. The third kappa shape index (κ3) is 4.30. The van der Waals surface area contributed by atoms with Crippen molar-refractivity contribution in [3.05, 3.63) is 0 Å². The molecule has 3 rings (SSSR count).